The second kappa shape index (κ2) is 7.78. The molecular formula is C19H24. The zero-order valence-electron chi connectivity index (χ0n) is 11.9. The van der Waals surface area contributed by atoms with Crippen molar-refractivity contribution in [2.24, 2.45) is 0 Å². The third-order valence-corrected chi connectivity index (χ3v) is 3.67. The quantitative estimate of drug-likeness (QED) is 0.635. The molecule has 100 valence electrons. The maximum absolute atomic E-state index is 2.30. The Morgan fingerprint density at radius 3 is 1.84 bits per heavy atom. The van der Waals surface area contributed by atoms with Gasteiger partial charge in [-0.05, 0) is 48.8 Å². The molecule has 2 rings (SSSR count). The normalized spacial score (nSPS) is 10.6. The molecule has 0 N–H and O–H groups in total. The highest BCUT2D eigenvalue weighted by atomic mass is 14.1. The highest BCUT2D eigenvalue weighted by Gasteiger charge is 2.01. The van der Waals surface area contributed by atoms with Gasteiger partial charge in [0.15, 0.2) is 0 Å². The highest BCUT2D eigenvalue weighted by molar-refractivity contribution is 5.27. The Morgan fingerprint density at radius 1 is 0.632 bits per heavy atom. The second-order valence-electron chi connectivity index (χ2n) is 5.21. The van der Waals surface area contributed by atoms with Crippen LogP contribution < -0.4 is 0 Å². The molecule has 0 fully saturated rings. The van der Waals surface area contributed by atoms with Gasteiger partial charge in [-0.15, -0.1) is 0 Å². The molecule has 0 radical (unpaired) electrons. The molecule has 0 bridgehead atoms. The fourth-order valence-corrected chi connectivity index (χ4v) is 2.54. The van der Waals surface area contributed by atoms with Crippen molar-refractivity contribution in [3.05, 3.63) is 71.3 Å². The van der Waals surface area contributed by atoms with Crippen LogP contribution in [0, 0.1) is 0 Å². The summed E-state index contributed by atoms with van der Waals surface area (Å²) in [7, 11) is 0. The van der Waals surface area contributed by atoms with E-state index in [0.717, 1.165) is 0 Å². The summed E-state index contributed by atoms with van der Waals surface area (Å²) >= 11 is 0. The van der Waals surface area contributed by atoms with E-state index in [-0.39, 0.29) is 0 Å². The largest absolute Gasteiger partial charge is 0.0654 e. The van der Waals surface area contributed by atoms with E-state index in [0.29, 0.717) is 0 Å². The summed E-state index contributed by atoms with van der Waals surface area (Å²) in [4.78, 5) is 0. The van der Waals surface area contributed by atoms with Gasteiger partial charge in [-0.3, -0.25) is 0 Å². The molecule has 0 aliphatic carbocycles. The maximum Gasteiger partial charge on any atom is -0.0273 e. The van der Waals surface area contributed by atoms with Gasteiger partial charge in [-0.2, -0.15) is 0 Å². The molecule has 0 saturated carbocycles. The van der Waals surface area contributed by atoms with Crippen molar-refractivity contribution in [2.75, 3.05) is 0 Å². The molecular weight excluding hydrogens is 228 g/mol. The molecule has 2 aromatic carbocycles. The van der Waals surface area contributed by atoms with Crippen molar-refractivity contribution in [3.63, 3.8) is 0 Å². The molecule has 0 saturated heterocycles. The summed E-state index contributed by atoms with van der Waals surface area (Å²) in [6.07, 6.45) is 7.44. The molecule has 0 aromatic heterocycles. The Bertz CT molecular complexity index is 470. The zero-order chi connectivity index (χ0) is 13.3. The van der Waals surface area contributed by atoms with Gasteiger partial charge in [-0.1, -0.05) is 67.9 Å². The van der Waals surface area contributed by atoms with Crippen molar-refractivity contribution < 1.29 is 0 Å². The second-order valence-corrected chi connectivity index (χ2v) is 5.21. The first-order valence-electron chi connectivity index (χ1n) is 7.51. The molecule has 0 aliphatic heterocycles. The van der Waals surface area contributed by atoms with Gasteiger partial charge in [0.2, 0.25) is 0 Å². The van der Waals surface area contributed by atoms with Gasteiger partial charge in [0.05, 0.1) is 0 Å². The third-order valence-electron chi connectivity index (χ3n) is 3.67. The molecule has 0 spiro atoms. The van der Waals surface area contributed by atoms with Crippen LogP contribution in [0.25, 0.3) is 0 Å². The molecule has 0 nitrogen and oxygen atoms in total. The van der Waals surface area contributed by atoms with Crippen molar-refractivity contribution in [2.45, 2.75) is 45.4 Å². The van der Waals surface area contributed by atoms with Gasteiger partial charge in [0, 0.05) is 0 Å². The van der Waals surface area contributed by atoms with E-state index in [4.69, 9.17) is 0 Å². The molecule has 0 atom stereocenters. The minimum absolute atomic E-state index is 1.18. The van der Waals surface area contributed by atoms with Crippen LogP contribution in [0.15, 0.2) is 54.6 Å². The van der Waals surface area contributed by atoms with Crippen molar-refractivity contribution >= 4 is 0 Å². The molecule has 2 aromatic rings. The fourth-order valence-electron chi connectivity index (χ4n) is 2.54. The maximum atomic E-state index is 2.30. The van der Waals surface area contributed by atoms with Crippen LogP contribution in [0.4, 0.5) is 0 Å². The highest BCUT2D eigenvalue weighted by Crippen LogP contribution is 2.15. The summed E-state index contributed by atoms with van der Waals surface area (Å²) in [6, 6.07) is 19.7. The molecule has 0 heterocycles. The predicted octanol–water partition coefficient (Wildman–Crippen LogP) is 5.20. The lowest BCUT2D eigenvalue weighted by Crippen LogP contribution is -1.96. The van der Waals surface area contributed by atoms with Crippen LogP contribution in [-0.2, 0) is 19.3 Å². The van der Waals surface area contributed by atoms with Crippen LogP contribution in [0.1, 0.15) is 42.9 Å². The van der Waals surface area contributed by atoms with Crippen molar-refractivity contribution in [1.29, 1.82) is 0 Å². The molecule has 0 unspecified atom stereocenters. The van der Waals surface area contributed by atoms with Crippen LogP contribution in [0.2, 0.25) is 0 Å². The monoisotopic (exact) mass is 252 g/mol. The standard InChI is InChI=1S/C19H24/c1-2-3-13-18-14-7-8-15-19(18)16-9-12-17-10-5-4-6-11-17/h4-8,10-11,14-15H,2-3,9,12-13,16H2,1H3. The predicted molar refractivity (Wildman–Crippen MR) is 83.5 cm³/mol. The number of rotatable bonds is 7. The summed E-state index contributed by atoms with van der Waals surface area (Å²) in [5.74, 6) is 0. The van der Waals surface area contributed by atoms with Crippen LogP contribution in [0.5, 0.6) is 0 Å². The first-order valence-corrected chi connectivity index (χ1v) is 7.51. The Morgan fingerprint density at radius 2 is 1.21 bits per heavy atom. The first kappa shape index (κ1) is 13.9. The van der Waals surface area contributed by atoms with Crippen molar-refractivity contribution in [3.8, 4) is 0 Å². The zero-order valence-corrected chi connectivity index (χ0v) is 11.9. The number of aryl methyl sites for hydroxylation is 3. The van der Waals surface area contributed by atoms with E-state index < -0.39 is 0 Å². The Hall–Kier alpha value is -1.56. The van der Waals surface area contributed by atoms with Gasteiger partial charge < -0.3 is 0 Å². The van der Waals surface area contributed by atoms with Crippen LogP contribution in [-0.4, -0.2) is 0 Å². The van der Waals surface area contributed by atoms with Gasteiger partial charge >= 0.3 is 0 Å². The molecule has 0 heteroatoms. The first-order chi connectivity index (χ1) is 9.40. The summed E-state index contributed by atoms with van der Waals surface area (Å²) in [5, 5.41) is 0. The Labute approximate surface area is 117 Å². The summed E-state index contributed by atoms with van der Waals surface area (Å²) in [6.45, 7) is 2.26. The molecule has 0 amide bonds. The topological polar surface area (TPSA) is 0 Å². The lowest BCUT2D eigenvalue weighted by molar-refractivity contribution is 0.767. The minimum atomic E-state index is 1.18. The van der Waals surface area contributed by atoms with Crippen molar-refractivity contribution in [1.82, 2.24) is 0 Å². The molecule has 0 aliphatic rings. The summed E-state index contributed by atoms with van der Waals surface area (Å²) < 4.78 is 0. The number of hydrogen-bond donors (Lipinski definition) is 0. The average Bonchev–Trinajstić information content (AvgIpc) is 2.47. The lowest BCUT2D eigenvalue weighted by atomic mass is 9.97. The summed E-state index contributed by atoms with van der Waals surface area (Å²) in [5.41, 5.74) is 4.55. The number of unbranched alkanes of at least 4 members (excludes halogenated alkanes) is 1. The molecule has 19 heavy (non-hydrogen) atoms. The van der Waals surface area contributed by atoms with E-state index in [2.05, 4.69) is 61.5 Å². The smallest absolute Gasteiger partial charge is 0.0273 e. The van der Waals surface area contributed by atoms with E-state index in [1.165, 1.54) is 44.1 Å². The van der Waals surface area contributed by atoms with E-state index in [1.54, 1.807) is 11.1 Å². The van der Waals surface area contributed by atoms with E-state index in [1.807, 2.05) is 0 Å². The fraction of sp³-hybridized carbons (Fsp3) is 0.368. The SMILES string of the molecule is CCCCc1ccccc1CCCc1ccccc1. The minimum Gasteiger partial charge on any atom is -0.0654 e. The van der Waals surface area contributed by atoms with Crippen LogP contribution >= 0.6 is 0 Å². The van der Waals surface area contributed by atoms with E-state index >= 15 is 0 Å². The van der Waals surface area contributed by atoms with E-state index in [9.17, 15) is 0 Å². The van der Waals surface area contributed by atoms with Gasteiger partial charge in [0.1, 0.15) is 0 Å². The lowest BCUT2D eigenvalue weighted by Gasteiger charge is -2.09. The Kier molecular flexibility index (Phi) is 5.68. The van der Waals surface area contributed by atoms with Gasteiger partial charge in [-0.25, -0.2) is 0 Å². The number of benzene rings is 2. The van der Waals surface area contributed by atoms with Crippen LogP contribution in [0.3, 0.4) is 0 Å². The average molecular weight is 252 g/mol. The third kappa shape index (κ3) is 4.55. The Balaban J connectivity index is 1.88. The number of hydrogen-bond acceptors (Lipinski definition) is 0. The van der Waals surface area contributed by atoms with Gasteiger partial charge in [0.25, 0.3) is 0 Å².